The van der Waals surface area contributed by atoms with E-state index in [0.717, 1.165) is 25.7 Å². The lowest BCUT2D eigenvalue weighted by atomic mass is 9.97. The number of carbonyl (C=O) groups excluding carboxylic acids is 3. The Kier molecular flexibility index (Phi) is 12.8. The Bertz CT molecular complexity index is 456. The van der Waals surface area contributed by atoms with Crippen LogP contribution in [0.5, 0.6) is 0 Å². The van der Waals surface area contributed by atoms with Crippen LogP contribution < -0.4 is 5.32 Å². The first-order valence-corrected chi connectivity index (χ1v) is 10.7. The fourth-order valence-corrected chi connectivity index (χ4v) is 3.36. The fraction of sp³-hybridized carbons (Fsp3) is 0.773. The molecule has 0 spiro atoms. The van der Waals surface area contributed by atoms with E-state index in [1.165, 1.54) is 57.8 Å². The first-order chi connectivity index (χ1) is 12.6. The summed E-state index contributed by atoms with van der Waals surface area (Å²) in [7, 11) is 0. The molecule has 1 unspecified atom stereocenters. The molecule has 1 saturated heterocycles. The summed E-state index contributed by atoms with van der Waals surface area (Å²) in [6, 6.07) is 0. The van der Waals surface area contributed by atoms with Gasteiger partial charge in [-0.1, -0.05) is 70.4 Å². The molecule has 0 aromatic carbocycles. The molecule has 0 bridgehead atoms. The number of nitrogens with one attached hydrogen (secondary N) is 1. The Labute approximate surface area is 159 Å². The van der Waals surface area contributed by atoms with Gasteiger partial charge in [-0.2, -0.15) is 0 Å². The van der Waals surface area contributed by atoms with Crippen LogP contribution >= 0.6 is 0 Å². The van der Waals surface area contributed by atoms with Crippen LogP contribution in [0.1, 0.15) is 103 Å². The molecular formula is C22H37NO3. The van der Waals surface area contributed by atoms with Gasteiger partial charge in [-0.3, -0.25) is 19.7 Å². The van der Waals surface area contributed by atoms with Crippen molar-refractivity contribution in [3.05, 3.63) is 12.2 Å². The van der Waals surface area contributed by atoms with Crippen molar-refractivity contribution in [2.24, 2.45) is 5.92 Å². The number of ketones is 1. The summed E-state index contributed by atoms with van der Waals surface area (Å²) >= 11 is 0. The Morgan fingerprint density at radius 3 is 1.96 bits per heavy atom. The predicted octanol–water partition coefficient (Wildman–Crippen LogP) is 5.26. The molecule has 0 aromatic heterocycles. The zero-order chi connectivity index (χ0) is 19.0. The topological polar surface area (TPSA) is 63.2 Å². The van der Waals surface area contributed by atoms with Gasteiger partial charge in [0.2, 0.25) is 11.8 Å². The lowest BCUT2D eigenvalue weighted by Crippen LogP contribution is -2.26. The van der Waals surface area contributed by atoms with E-state index in [1.54, 1.807) is 0 Å². The van der Waals surface area contributed by atoms with Gasteiger partial charge in [-0.15, -0.1) is 0 Å². The van der Waals surface area contributed by atoms with Gasteiger partial charge in [0.05, 0.1) is 0 Å². The van der Waals surface area contributed by atoms with E-state index >= 15 is 0 Å². The van der Waals surface area contributed by atoms with Crippen LogP contribution in [0.4, 0.5) is 0 Å². The highest BCUT2D eigenvalue weighted by Crippen LogP contribution is 2.16. The van der Waals surface area contributed by atoms with E-state index in [-0.39, 0.29) is 18.1 Å². The van der Waals surface area contributed by atoms with Gasteiger partial charge in [0, 0.05) is 12.8 Å². The van der Waals surface area contributed by atoms with E-state index in [2.05, 4.69) is 24.4 Å². The highest BCUT2D eigenvalue weighted by atomic mass is 16.2. The summed E-state index contributed by atoms with van der Waals surface area (Å²) in [5.41, 5.74) is 0. The minimum Gasteiger partial charge on any atom is -0.299 e. The SMILES string of the molecule is CCCCCCCC/C=C\CCCCCCCC(=O)C1CC(=O)NC1=O. The molecule has 1 heterocycles. The van der Waals surface area contributed by atoms with Crippen LogP contribution in [0.2, 0.25) is 0 Å². The van der Waals surface area contributed by atoms with Crippen LogP contribution in [-0.2, 0) is 14.4 Å². The van der Waals surface area contributed by atoms with Gasteiger partial charge < -0.3 is 0 Å². The van der Waals surface area contributed by atoms with E-state index in [4.69, 9.17) is 0 Å². The number of allylic oxidation sites excluding steroid dienone is 2. The summed E-state index contributed by atoms with van der Waals surface area (Å²) in [4.78, 5) is 34.4. The Balaban J connectivity index is 1.86. The molecule has 148 valence electrons. The minimum absolute atomic E-state index is 0.0444. The van der Waals surface area contributed by atoms with Crippen LogP contribution in [0.15, 0.2) is 12.2 Å². The smallest absolute Gasteiger partial charge is 0.237 e. The zero-order valence-electron chi connectivity index (χ0n) is 16.6. The third-order valence-electron chi connectivity index (χ3n) is 5.04. The van der Waals surface area contributed by atoms with Crippen molar-refractivity contribution >= 4 is 17.6 Å². The highest BCUT2D eigenvalue weighted by Gasteiger charge is 2.35. The third-order valence-corrected chi connectivity index (χ3v) is 5.04. The molecule has 1 aliphatic rings. The molecule has 1 aliphatic heterocycles. The number of unbranched alkanes of at least 4 members (excludes halogenated alkanes) is 11. The summed E-state index contributed by atoms with van der Waals surface area (Å²) in [6.45, 7) is 2.25. The lowest BCUT2D eigenvalue weighted by molar-refractivity contribution is -0.131. The Hall–Kier alpha value is -1.45. The van der Waals surface area contributed by atoms with E-state index in [1.807, 2.05) is 0 Å². The van der Waals surface area contributed by atoms with Gasteiger partial charge in [-0.25, -0.2) is 0 Å². The molecule has 2 amide bonds. The highest BCUT2D eigenvalue weighted by molar-refractivity contribution is 6.14. The molecule has 26 heavy (non-hydrogen) atoms. The maximum absolute atomic E-state index is 11.9. The van der Waals surface area contributed by atoms with Crippen LogP contribution in [0.3, 0.4) is 0 Å². The van der Waals surface area contributed by atoms with E-state index < -0.39 is 11.8 Å². The first kappa shape index (κ1) is 22.6. The monoisotopic (exact) mass is 363 g/mol. The molecule has 0 aliphatic carbocycles. The number of hydrogen-bond acceptors (Lipinski definition) is 3. The normalized spacial score (nSPS) is 17.2. The van der Waals surface area contributed by atoms with Gasteiger partial charge in [0.15, 0.2) is 0 Å². The van der Waals surface area contributed by atoms with Crippen molar-refractivity contribution < 1.29 is 14.4 Å². The van der Waals surface area contributed by atoms with Crippen LogP contribution in [-0.4, -0.2) is 17.6 Å². The van der Waals surface area contributed by atoms with Crippen molar-refractivity contribution in [3.63, 3.8) is 0 Å². The molecule has 0 radical (unpaired) electrons. The number of hydrogen-bond donors (Lipinski definition) is 1. The number of imide groups is 1. The van der Waals surface area contributed by atoms with Crippen molar-refractivity contribution in [2.75, 3.05) is 0 Å². The molecular weight excluding hydrogens is 326 g/mol. The maximum Gasteiger partial charge on any atom is 0.237 e. The predicted molar refractivity (Wildman–Crippen MR) is 106 cm³/mol. The third kappa shape index (κ3) is 10.5. The minimum atomic E-state index is -0.723. The molecule has 4 heteroatoms. The summed E-state index contributed by atoms with van der Waals surface area (Å²) < 4.78 is 0. The van der Waals surface area contributed by atoms with Crippen molar-refractivity contribution in [3.8, 4) is 0 Å². The zero-order valence-corrected chi connectivity index (χ0v) is 16.6. The maximum atomic E-state index is 11.9. The average molecular weight is 364 g/mol. The average Bonchev–Trinajstić information content (AvgIpc) is 2.96. The standard InChI is InChI=1S/C22H37NO3/c1-2-3-4-5-6-7-8-9-10-11-12-13-14-15-16-17-20(24)19-18-21(25)23-22(19)26/h9-10,19H,2-8,11-18H2,1H3,(H,23,25,26)/b10-9-. The molecule has 1 rings (SSSR count). The fourth-order valence-electron chi connectivity index (χ4n) is 3.36. The van der Waals surface area contributed by atoms with Crippen LogP contribution in [0.25, 0.3) is 0 Å². The summed E-state index contributed by atoms with van der Waals surface area (Å²) in [5, 5.41) is 2.20. The number of amides is 2. The molecule has 1 atom stereocenters. The van der Waals surface area contributed by atoms with Gasteiger partial charge in [-0.05, 0) is 32.1 Å². The largest absolute Gasteiger partial charge is 0.299 e. The Morgan fingerprint density at radius 2 is 1.42 bits per heavy atom. The van der Waals surface area contributed by atoms with Gasteiger partial charge in [0.25, 0.3) is 0 Å². The Morgan fingerprint density at radius 1 is 0.885 bits per heavy atom. The van der Waals surface area contributed by atoms with E-state index in [9.17, 15) is 14.4 Å². The number of rotatable bonds is 16. The lowest BCUT2D eigenvalue weighted by Gasteiger charge is -2.04. The number of carbonyl (C=O) groups is 3. The van der Waals surface area contributed by atoms with Crippen molar-refractivity contribution in [1.82, 2.24) is 5.32 Å². The second-order valence-corrected chi connectivity index (χ2v) is 7.47. The van der Waals surface area contributed by atoms with Gasteiger partial charge in [0.1, 0.15) is 11.7 Å². The number of Topliss-reactive ketones (excluding diaryl/α,β-unsaturated/α-hetero) is 1. The quantitative estimate of drug-likeness (QED) is 0.176. The van der Waals surface area contributed by atoms with Gasteiger partial charge >= 0.3 is 0 Å². The first-order valence-electron chi connectivity index (χ1n) is 10.7. The molecule has 1 N–H and O–H groups in total. The van der Waals surface area contributed by atoms with E-state index in [0.29, 0.717) is 6.42 Å². The second kappa shape index (κ2) is 14.7. The second-order valence-electron chi connectivity index (χ2n) is 7.47. The summed E-state index contributed by atoms with van der Waals surface area (Å²) in [5.74, 6) is -1.53. The summed E-state index contributed by atoms with van der Waals surface area (Å²) in [6.07, 6.45) is 21.0. The molecule has 1 fully saturated rings. The van der Waals surface area contributed by atoms with Crippen LogP contribution in [0, 0.1) is 5.92 Å². The molecule has 4 nitrogen and oxygen atoms in total. The van der Waals surface area contributed by atoms with Crippen molar-refractivity contribution in [2.45, 2.75) is 103 Å². The van der Waals surface area contributed by atoms with Crippen molar-refractivity contribution in [1.29, 1.82) is 0 Å². The molecule has 0 aromatic rings. The molecule has 0 saturated carbocycles.